The summed E-state index contributed by atoms with van der Waals surface area (Å²) in [4.78, 5) is 4.02. The summed E-state index contributed by atoms with van der Waals surface area (Å²) in [6.07, 6.45) is 1.70. The van der Waals surface area contributed by atoms with E-state index in [9.17, 15) is 4.21 Å². The molecule has 2 atom stereocenters. The van der Waals surface area contributed by atoms with Crippen molar-refractivity contribution in [2.45, 2.75) is 12.2 Å². The Balaban J connectivity index is 2.39. The summed E-state index contributed by atoms with van der Waals surface area (Å²) in [6, 6.07) is 0. The summed E-state index contributed by atoms with van der Waals surface area (Å²) in [6.45, 7) is 2.59. The van der Waals surface area contributed by atoms with Gasteiger partial charge in [0.25, 0.3) is 0 Å². The lowest BCUT2D eigenvalue weighted by atomic mass is 10.5. The van der Waals surface area contributed by atoms with Gasteiger partial charge in [-0.3, -0.25) is 4.21 Å². The maximum absolute atomic E-state index is 11.0. The highest BCUT2D eigenvalue weighted by Gasteiger charge is 2.06. The molecule has 3 nitrogen and oxygen atoms in total. The average Bonchev–Trinajstić information content (AvgIpc) is 2.47. The Bertz CT molecular complexity index is 302. The van der Waals surface area contributed by atoms with E-state index in [0.29, 0.717) is 11.7 Å². The minimum Gasteiger partial charge on any atom is -0.360 e. The molecule has 13 heavy (non-hydrogen) atoms. The lowest BCUT2D eigenvalue weighted by Gasteiger charge is -2.07. The van der Waals surface area contributed by atoms with Crippen LogP contribution >= 0.6 is 22.9 Å². The van der Waals surface area contributed by atoms with Crippen LogP contribution in [0.5, 0.6) is 0 Å². The van der Waals surface area contributed by atoms with Gasteiger partial charge in [-0.2, -0.15) is 0 Å². The second kappa shape index (κ2) is 4.93. The fourth-order valence-corrected chi connectivity index (χ4v) is 1.85. The second-order valence-electron chi connectivity index (χ2n) is 2.67. The van der Waals surface area contributed by atoms with Gasteiger partial charge in [-0.1, -0.05) is 11.6 Å². The summed E-state index contributed by atoms with van der Waals surface area (Å²) in [5.74, 6) is 0. The molecule has 0 saturated heterocycles. The highest BCUT2D eigenvalue weighted by atomic mass is 35.5. The fourth-order valence-electron chi connectivity index (χ4n) is 0.684. The smallest absolute Gasteiger partial charge is 0.184 e. The fraction of sp³-hybridized carbons (Fsp3) is 0.571. The molecule has 74 valence electrons. The highest BCUT2D eigenvalue weighted by molar-refractivity contribution is 7.84. The van der Waals surface area contributed by atoms with E-state index >= 15 is 0 Å². The molecule has 0 saturated carbocycles. The van der Waals surface area contributed by atoms with E-state index in [-0.39, 0.29) is 5.25 Å². The largest absolute Gasteiger partial charge is 0.360 e. The molecule has 1 rings (SSSR count). The van der Waals surface area contributed by atoms with Crippen LogP contribution in [0.15, 0.2) is 5.38 Å². The van der Waals surface area contributed by atoms with Crippen LogP contribution in [0, 0.1) is 0 Å². The Labute approximate surface area is 89.0 Å². The number of hydrogen-bond donors (Lipinski definition) is 1. The van der Waals surface area contributed by atoms with Crippen LogP contribution in [-0.2, 0) is 10.8 Å². The summed E-state index contributed by atoms with van der Waals surface area (Å²) in [5, 5.41) is 6.24. The first kappa shape index (κ1) is 10.9. The molecule has 0 radical (unpaired) electrons. The first-order chi connectivity index (χ1) is 6.09. The Morgan fingerprint density at radius 2 is 2.54 bits per heavy atom. The molecule has 0 fully saturated rings. The van der Waals surface area contributed by atoms with E-state index in [0.717, 1.165) is 5.13 Å². The number of anilines is 1. The minimum absolute atomic E-state index is 0.127. The van der Waals surface area contributed by atoms with Gasteiger partial charge in [0, 0.05) is 34.2 Å². The first-order valence-electron chi connectivity index (χ1n) is 3.76. The molecule has 1 aromatic rings. The van der Waals surface area contributed by atoms with Gasteiger partial charge in [0.1, 0.15) is 5.15 Å². The quantitative estimate of drug-likeness (QED) is 0.872. The third-order valence-corrected chi connectivity index (χ3v) is 4.01. The third kappa shape index (κ3) is 3.62. The van der Waals surface area contributed by atoms with E-state index in [1.54, 1.807) is 11.6 Å². The Morgan fingerprint density at radius 3 is 3.00 bits per heavy atom. The zero-order chi connectivity index (χ0) is 9.84. The molecule has 0 amide bonds. The van der Waals surface area contributed by atoms with E-state index in [2.05, 4.69) is 10.3 Å². The molecule has 1 heterocycles. The van der Waals surface area contributed by atoms with Crippen molar-refractivity contribution in [1.82, 2.24) is 4.98 Å². The molecule has 1 aromatic heterocycles. The van der Waals surface area contributed by atoms with Crippen molar-refractivity contribution in [3.05, 3.63) is 10.5 Å². The van der Waals surface area contributed by atoms with Crippen LogP contribution in [0.1, 0.15) is 6.92 Å². The molecule has 0 aliphatic carbocycles. The van der Waals surface area contributed by atoms with Crippen molar-refractivity contribution in [3.8, 4) is 0 Å². The SMILES string of the molecule is CC(CNc1nc(Cl)cs1)S(C)=O. The third-order valence-electron chi connectivity index (χ3n) is 1.58. The van der Waals surface area contributed by atoms with Gasteiger partial charge in [0.05, 0.1) is 0 Å². The lowest BCUT2D eigenvalue weighted by Crippen LogP contribution is -2.20. The summed E-state index contributed by atoms with van der Waals surface area (Å²) >= 11 is 7.09. The van der Waals surface area contributed by atoms with E-state index in [4.69, 9.17) is 11.6 Å². The van der Waals surface area contributed by atoms with Gasteiger partial charge in [0.2, 0.25) is 0 Å². The van der Waals surface area contributed by atoms with Gasteiger partial charge in [-0.05, 0) is 6.92 Å². The van der Waals surface area contributed by atoms with Crippen LogP contribution < -0.4 is 5.32 Å². The van der Waals surface area contributed by atoms with Gasteiger partial charge in [-0.25, -0.2) is 4.98 Å². The van der Waals surface area contributed by atoms with Gasteiger partial charge >= 0.3 is 0 Å². The van der Waals surface area contributed by atoms with Crippen molar-refractivity contribution in [2.75, 3.05) is 18.1 Å². The van der Waals surface area contributed by atoms with Gasteiger partial charge in [-0.15, -0.1) is 11.3 Å². The number of thiazole rings is 1. The predicted molar refractivity (Wildman–Crippen MR) is 59.1 cm³/mol. The topological polar surface area (TPSA) is 42.0 Å². The standard InChI is InChI=1S/C7H11ClN2OS2/c1-5(13(2)11)3-9-7-10-6(8)4-12-7/h4-5H,3H2,1-2H3,(H,9,10). The number of halogens is 1. The normalized spacial score (nSPS) is 15.3. The van der Waals surface area contributed by atoms with E-state index in [1.807, 2.05) is 6.92 Å². The van der Waals surface area contributed by atoms with E-state index in [1.165, 1.54) is 11.3 Å². The Morgan fingerprint density at radius 1 is 1.85 bits per heavy atom. The molecular weight excluding hydrogens is 228 g/mol. The van der Waals surface area contributed by atoms with Crippen LogP contribution in [0.25, 0.3) is 0 Å². The monoisotopic (exact) mass is 238 g/mol. The Hall–Kier alpha value is -0.130. The molecule has 6 heteroatoms. The van der Waals surface area contributed by atoms with E-state index < -0.39 is 10.8 Å². The zero-order valence-electron chi connectivity index (χ0n) is 7.41. The molecular formula is C7H11ClN2OS2. The summed E-state index contributed by atoms with van der Waals surface area (Å²) in [5.41, 5.74) is 0. The van der Waals surface area contributed by atoms with Gasteiger partial charge in [0.15, 0.2) is 5.13 Å². The minimum atomic E-state index is -0.796. The predicted octanol–water partition coefficient (Wildman–Crippen LogP) is 1.98. The number of nitrogens with one attached hydrogen (secondary N) is 1. The van der Waals surface area contributed by atoms with Crippen LogP contribution in [0.4, 0.5) is 5.13 Å². The molecule has 0 spiro atoms. The summed E-state index contributed by atoms with van der Waals surface area (Å²) in [7, 11) is -0.796. The molecule has 0 bridgehead atoms. The maximum atomic E-state index is 11.0. The van der Waals surface area contributed by atoms with Crippen molar-refractivity contribution in [2.24, 2.45) is 0 Å². The van der Waals surface area contributed by atoms with Crippen molar-refractivity contribution in [1.29, 1.82) is 0 Å². The lowest BCUT2D eigenvalue weighted by molar-refractivity contribution is 0.679. The summed E-state index contributed by atoms with van der Waals surface area (Å²) < 4.78 is 11.0. The number of hydrogen-bond acceptors (Lipinski definition) is 4. The maximum Gasteiger partial charge on any atom is 0.184 e. The van der Waals surface area contributed by atoms with Crippen molar-refractivity contribution < 1.29 is 4.21 Å². The highest BCUT2D eigenvalue weighted by Crippen LogP contribution is 2.18. The van der Waals surface area contributed by atoms with Crippen molar-refractivity contribution >= 4 is 38.9 Å². The zero-order valence-corrected chi connectivity index (χ0v) is 9.80. The molecule has 1 N–H and O–H groups in total. The van der Waals surface area contributed by atoms with Crippen LogP contribution in [0.2, 0.25) is 5.15 Å². The molecule has 0 aromatic carbocycles. The number of nitrogens with zero attached hydrogens (tertiary/aromatic N) is 1. The second-order valence-corrected chi connectivity index (χ2v) is 5.71. The molecule has 2 unspecified atom stereocenters. The molecule has 0 aliphatic heterocycles. The number of rotatable bonds is 4. The van der Waals surface area contributed by atoms with Crippen LogP contribution in [0.3, 0.4) is 0 Å². The van der Waals surface area contributed by atoms with Crippen LogP contribution in [-0.4, -0.2) is 27.2 Å². The average molecular weight is 239 g/mol. The Kier molecular flexibility index (Phi) is 4.15. The van der Waals surface area contributed by atoms with Crippen molar-refractivity contribution in [3.63, 3.8) is 0 Å². The van der Waals surface area contributed by atoms with Gasteiger partial charge < -0.3 is 5.32 Å². The first-order valence-corrected chi connectivity index (χ1v) is 6.64. The molecule has 0 aliphatic rings. The number of aromatic nitrogens is 1.